The van der Waals surface area contributed by atoms with Crippen LogP contribution in [-0.2, 0) is 14.8 Å². The van der Waals surface area contributed by atoms with Crippen LogP contribution >= 0.6 is 11.6 Å². The summed E-state index contributed by atoms with van der Waals surface area (Å²) in [5.74, 6) is 0.225. The van der Waals surface area contributed by atoms with E-state index in [1.165, 1.54) is 4.31 Å². The number of hydrogen-bond acceptors (Lipinski definition) is 3. The van der Waals surface area contributed by atoms with Gasteiger partial charge in [0, 0.05) is 11.1 Å². The molecule has 0 fully saturated rings. The predicted molar refractivity (Wildman–Crippen MR) is 104 cm³/mol. The summed E-state index contributed by atoms with van der Waals surface area (Å²) in [6.07, 6.45) is 1.48. The third-order valence-corrected chi connectivity index (χ3v) is 5.59. The Morgan fingerprint density at radius 2 is 1.60 bits per heavy atom. The molecule has 0 aromatic heterocycles. The standard InChI is InChI=1S/C18H29ClN2O3S/c1-7-16(18(22)20-17(12(2)3)13(4)5)21(25(6,23)24)15-10-8-14(19)9-11-15/h8-13,16-17H,7H2,1-6H3,(H,20,22)/t16-/m1/s1. The van der Waals surface area contributed by atoms with Gasteiger partial charge in [-0.1, -0.05) is 46.2 Å². The maximum atomic E-state index is 12.9. The van der Waals surface area contributed by atoms with Crippen molar-refractivity contribution in [2.45, 2.75) is 53.1 Å². The fourth-order valence-corrected chi connectivity index (χ4v) is 4.35. The maximum Gasteiger partial charge on any atom is 0.244 e. The Hall–Kier alpha value is -1.27. The molecule has 1 aromatic carbocycles. The summed E-state index contributed by atoms with van der Waals surface area (Å²) in [6, 6.07) is 5.63. The third kappa shape index (κ3) is 5.89. The van der Waals surface area contributed by atoms with Crippen molar-refractivity contribution in [2.24, 2.45) is 11.8 Å². The lowest BCUT2D eigenvalue weighted by molar-refractivity contribution is -0.123. The van der Waals surface area contributed by atoms with E-state index in [1.807, 2.05) is 27.7 Å². The third-order valence-electron chi connectivity index (χ3n) is 4.16. The van der Waals surface area contributed by atoms with Crippen LogP contribution in [0.3, 0.4) is 0 Å². The number of carbonyl (C=O) groups is 1. The van der Waals surface area contributed by atoms with E-state index in [0.29, 0.717) is 17.1 Å². The van der Waals surface area contributed by atoms with E-state index < -0.39 is 16.1 Å². The zero-order chi connectivity index (χ0) is 19.4. The molecule has 25 heavy (non-hydrogen) atoms. The summed E-state index contributed by atoms with van der Waals surface area (Å²) in [7, 11) is -3.63. The second kappa shape index (κ2) is 8.90. The molecule has 7 heteroatoms. The van der Waals surface area contributed by atoms with Crippen LogP contribution < -0.4 is 9.62 Å². The van der Waals surface area contributed by atoms with E-state index in [0.717, 1.165) is 6.26 Å². The fraction of sp³-hybridized carbons (Fsp3) is 0.611. The second-order valence-corrected chi connectivity index (χ2v) is 9.28. The minimum atomic E-state index is -3.63. The number of rotatable bonds is 8. The van der Waals surface area contributed by atoms with E-state index in [4.69, 9.17) is 11.6 Å². The molecular weight excluding hydrogens is 360 g/mol. The number of amides is 1. The molecule has 0 unspecified atom stereocenters. The number of nitrogens with zero attached hydrogens (tertiary/aromatic N) is 1. The molecule has 0 bridgehead atoms. The van der Waals surface area contributed by atoms with E-state index in [1.54, 1.807) is 31.2 Å². The highest BCUT2D eigenvalue weighted by Gasteiger charge is 2.33. The molecule has 0 heterocycles. The van der Waals surface area contributed by atoms with E-state index in [9.17, 15) is 13.2 Å². The Bertz CT molecular complexity index is 664. The van der Waals surface area contributed by atoms with Crippen LogP contribution in [0.5, 0.6) is 0 Å². The van der Waals surface area contributed by atoms with Gasteiger partial charge in [0.1, 0.15) is 6.04 Å². The van der Waals surface area contributed by atoms with Gasteiger partial charge >= 0.3 is 0 Å². The molecule has 1 amide bonds. The largest absolute Gasteiger partial charge is 0.351 e. The van der Waals surface area contributed by atoms with Crippen molar-refractivity contribution in [2.75, 3.05) is 10.6 Å². The summed E-state index contributed by atoms with van der Waals surface area (Å²) < 4.78 is 26.0. The maximum absolute atomic E-state index is 12.9. The Morgan fingerprint density at radius 1 is 1.12 bits per heavy atom. The number of hydrogen-bond donors (Lipinski definition) is 1. The number of carbonyl (C=O) groups excluding carboxylic acids is 1. The molecule has 0 saturated carbocycles. The van der Waals surface area contributed by atoms with Gasteiger partial charge in [-0.2, -0.15) is 0 Å². The Balaban J connectivity index is 3.21. The van der Waals surface area contributed by atoms with Gasteiger partial charge < -0.3 is 5.32 Å². The lowest BCUT2D eigenvalue weighted by Crippen LogP contribution is -2.53. The van der Waals surface area contributed by atoms with Crippen LogP contribution in [-0.4, -0.2) is 32.7 Å². The molecule has 1 aromatic rings. The van der Waals surface area contributed by atoms with Crippen molar-refractivity contribution in [1.29, 1.82) is 0 Å². The molecule has 0 radical (unpaired) electrons. The van der Waals surface area contributed by atoms with E-state index >= 15 is 0 Å². The predicted octanol–water partition coefficient (Wildman–Crippen LogP) is 3.68. The van der Waals surface area contributed by atoms with Crippen molar-refractivity contribution in [3.63, 3.8) is 0 Å². The van der Waals surface area contributed by atoms with Crippen LogP contribution in [0.25, 0.3) is 0 Å². The average Bonchev–Trinajstić information content (AvgIpc) is 2.49. The first-order chi connectivity index (χ1) is 11.5. The van der Waals surface area contributed by atoms with Crippen LogP contribution in [0.4, 0.5) is 5.69 Å². The van der Waals surface area contributed by atoms with Crippen molar-refractivity contribution in [3.8, 4) is 0 Å². The first-order valence-corrected chi connectivity index (χ1v) is 10.8. The Labute approximate surface area is 156 Å². The summed E-state index contributed by atoms with van der Waals surface area (Å²) in [4.78, 5) is 12.9. The van der Waals surface area contributed by atoms with Crippen molar-refractivity contribution >= 4 is 33.2 Å². The van der Waals surface area contributed by atoms with Gasteiger partial charge in [0.05, 0.1) is 11.9 Å². The minimum Gasteiger partial charge on any atom is -0.351 e. The van der Waals surface area contributed by atoms with Crippen molar-refractivity contribution in [1.82, 2.24) is 5.32 Å². The Morgan fingerprint density at radius 3 is 1.96 bits per heavy atom. The SMILES string of the molecule is CC[C@H](C(=O)NC(C(C)C)C(C)C)N(c1ccc(Cl)cc1)S(C)(=O)=O. The molecule has 0 aliphatic heterocycles. The van der Waals surface area contributed by atoms with Gasteiger partial charge in [0.25, 0.3) is 0 Å². The fourth-order valence-electron chi connectivity index (χ4n) is 3.01. The van der Waals surface area contributed by atoms with Gasteiger partial charge in [-0.15, -0.1) is 0 Å². The summed E-state index contributed by atoms with van der Waals surface area (Å²) >= 11 is 5.90. The van der Waals surface area contributed by atoms with Crippen LogP contribution in [0.15, 0.2) is 24.3 Å². The highest BCUT2D eigenvalue weighted by molar-refractivity contribution is 7.92. The van der Waals surface area contributed by atoms with Crippen molar-refractivity contribution in [3.05, 3.63) is 29.3 Å². The first-order valence-electron chi connectivity index (χ1n) is 8.54. The average molecular weight is 389 g/mol. The van der Waals surface area contributed by atoms with Crippen LogP contribution in [0, 0.1) is 11.8 Å². The number of halogens is 1. The molecule has 0 spiro atoms. The summed E-state index contributed by atoms with van der Waals surface area (Å²) in [5.41, 5.74) is 0.430. The monoisotopic (exact) mass is 388 g/mol. The van der Waals surface area contributed by atoms with Gasteiger partial charge in [0.15, 0.2) is 0 Å². The Kier molecular flexibility index (Phi) is 7.75. The number of sulfonamides is 1. The number of anilines is 1. The molecule has 1 atom stereocenters. The molecule has 142 valence electrons. The van der Waals surface area contributed by atoms with Crippen molar-refractivity contribution < 1.29 is 13.2 Å². The highest BCUT2D eigenvalue weighted by Crippen LogP contribution is 2.25. The molecule has 5 nitrogen and oxygen atoms in total. The zero-order valence-corrected chi connectivity index (χ0v) is 17.4. The molecule has 1 N–H and O–H groups in total. The van der Waals surface area contributed by atoms with E-state index in [-0.39, 0.29) is 23.8 Å². The van der Waals surface area contributed by atoms with E-state index in [2.05, 4.69) is 5.32 Å². The van der Waals surface area contributed by atoms with Gasteiger partial charge in [-0.25, -0.2) is 8.42 Å². The molecule has 0 aliphatic carbocycles. The van der Waals surface area contributed by atoms with Gasteiger partial charge in [0.2, 0.25) is 15.9 Å². The molecular formula is C18H29ClN2O3S. The van der Waals surface area contributed by atoms with Crippen LogP contribution in [0.2, 0.25) is 5.02 Å². The highest BCUT2D eigenvalue weighted by atomic mass is 35.5. The molecule has 0 aliphatic rings. The van der Waals surface area contributed by atoms with Crippen LogP contribution in [0.1, 0.15) is 41.0 Å². The van der Waals surface area contributed by atoms with Gasteiger partial charge in [-0.3, -0.25) is 9.10 Å². The minimum absolute atomic E-state index is 0.0202. The summed E-state index contributed by atoms with van der Waals surface area (Å²) in [5, 5.41) is 3.54. The summed E-state index contributed by atoms with van der Waals surface area (Å²) in [6.45, 7) is 9.97. The zero-order valence-electron chi connectivity index (χ0n) is 15.8. The molecule has 1 rings (SSSR count). The second-order valence-electron chi connectivity index (χ2n) is 6.98. The quantitative estimate of drug-likeness (QED) is 0.738. The number of nitrogens with one attached hydrogen (secondary N) is 1. The lowest BCUT2D eigenvalue weighted by atomic mass is 9.93. The molecule has 0 saturated heterocycles. The normalized spacial score (nSPS) is 13.4. The smallest absolute Gasteiger partial charge is 0.244 e. The topological polar surface area (TPSA) is 66.5 Å². The first kappa shape index (κ1) is 21.8. The lowest BCUT2D eigenvalue weighted by Gasteiger charge is -2.33. The van der Waals surface area contributed by atoms with Gasteiger partial charge in [-0.05, 0) is 42.5 Å². The number of benzene rings is 1.